The molecule has 0 saturated heterocycles. The molecule has 5 nitrogen and oxygen atoms in total. The molecule has 1 unspecified atom stereocenters. The van der Waals surface area contributed by atoms with E-state index in [1.807, 2.05) is 13.8 Å². The lowest BCUT2D eigenvalue weighted by molar-refractivity contribution is 0.146. The number of nitrogens with zero attached hydrogens (tertiary/aromatic N) is 1. The maximum absolute atomic E-state index is 8.67. The fraction of sp³-hybridized carbons (Fsp3) is 0.917. The van der Waals surface area contributed by atoms with E-state index in [0.29, 0.717) is 18.6 Å². The van der Waals surface area contributed by atoms with Crippen molar-refractivity contribution in [2.45, 2.75) is 40.2 Å². The third-order valence-corrected chi connectivity index (χ3v) is 3.11. The van der Waals surface area contributed by atoms with Gasteiger partial charge in [0.1, 0.15) is 5.84 Å². The molecule has 0 bridgehead atoms. The highest BCUT2D eigenvalue weighted by atomic mass is 16.5. The fourth-order valence-electron chi connectivity index (χ4n) is 1.50. The van der Waals surface area contributed by atoms with Crippen molar-refractivity contribution in [3.05, 3.63) is 0 Å². The average Bonchev–Trinajstić information content (AvgIpc) is 2.26. The van der Waals surface area contributed by atoms with E-state index in [-0.39, 0.29) is 11.3 Å². The first kappa shape index (κ1) is 16.2. The summed E-state index contributed by atoms with van der Waals surface area (Å²) < 4.78 is 5.17. The second-order valence-corrected chi connectivity index (χ2v) is 5.38. The van der Waals surface area contributed by atoms with Crippen LogP contribution in [0, 0.1) is 11.3 Å². The number of amidine groups is 1. The smallest absolute Gasteiger partial charge is 0.144 e. The third kappa shape index (κ3) is 5.89. The second-order valence-electron chi connectivity index (χ2n) is 5.38. The van der Waals surface area contributed by atoms with Gasteiger partial charge in [0, 0.05) is 18.6 Å². The molecule has 1 atom stereocenters. The summed E-state index contributed by atoms with van der Waals surface area (Å²) in [5.74, 6) is 0.786. The lowest BCUT2D eigenvalue weighted by Gasteiger charge is -2.26. The minimum atomic E-state index is -0.295. The largest absolute Gasteiger partial charge is 0.409 e. The molecule has 0 aliphatic heterocycles. The van der Waals surface area contributed by atoms with Crippen molar-refractivity contribution in [3.63, 3.8) is 0 Å². The zero-order chi connectivity index (χ0) is 13.5. The molecule has 17 heavy (non-hydrogen) atoms. The van der Waals surface area contributed by atoms with Gasteiger partial charge in [-0.1, -0.05) is 32.9 Å². The maximum atomic E-state index is 8.67. The molecule has 5 heteroatoms. The topological polar surface area (TPSA) is 79.9 Å². The summed E-state index contributed by atoms with van der Waals surface area (Å²) in [5.41, 5.74) is 5.34. The van der Waals surface area contributed by atoms with Crippen LogP contribution in [0.1, 0.15) is 34.1 Å². The van der Waals surface area contributed by atoms with Crippen molar-refractivity contribution >= 4 is 5.84 Å². The number of hydrogen-bond donors (Lipinski definition) is 3. The molecule has 0 saturated carbocycles. The Kier molecular flexibility index (Phi) is 7.15. The summed E-state index contributed by atoms with van der Waals surface area (Å²) in [7, 11) is 1.71. The van der Waals surface area contributed by atoms with Crippen LogP contribution in [-0.4, -0.2) is 37.3 Å². The average molecular weight is 245 g/mol. The Morgan fingerprint density at radius 2 is 2.06 bits per heavy atom. The van der Waals surface area contributed by atoms with Crippen LogP contribution < -0.4 is 11.1 Å². The van der Waals surface area contributed by atoms with Crippen LogP contribution in [0.4, 0.5) is 0 Å². The van der Waals surface area contributed by atoms with E-state index in [4.69, 9.17) is 15.7 Å². The molecule has 0 aliphatic rings. The Labute approximate surface area is 104 Å². The number of oxime groups is 1. The quantitative estimate of drug-likeness (QED) is 0.261. The third-order valence-electron chi connectivity index (χ3n) is 3.11. The Hall–Kier alpha value is -0.810. The van der Waals surface area contributed by atoms with Crippen molar-refractivity contribution in [2.75, 3.05) is 20.3 Å². The van der Waals surface area contributed by atoms with E-state index in [0.717, 1.165) is 13.0 Å². The van der Waals surface area contributed by atoms with Crippen LogP contribution >= 0.6 is 0 Å². The lowest BCUT2D eigenvalue weighted by atomic mass is 9.88. The van der Waals surface area contributed by atoms with Crippen molar-refractivity contribution in [1.29, 1.82) is 0 Å². The highest BCUT2D eigenvalue weighted by Crippen LogP contribution is 2.19. The van der Waals surface area contributed by atoms with Crippen LogP contribution in [0.5, 0.6) is 0 Å². The molecular formula is C12H27N3O2. The van der Waals surface area contributed by atoms with Gasteiger partial charge >= 0.3 is 0 Å². The van der Waals surface area contributed by atoms with Gasteiger partial charge in [0.05, 0.1) is 6.61 Å². The lowest BCUT2D eigenvalue weighted by Crippen LogP contribution is -2.41. The van der Waals surface area contributed by atoms with Gasteiger partial charge in [-0.3, -0.25) is 0 Å². The first-order valence-electron chi connectivity index (χ1n) is 6.05. The molecule has 0 aromatic carbocycles. The molecule has 0 aliphatic carbocycles. The second kappa shape index (κ2) is 7.50. The monoisotopic (exact) mass is 245 g/mol. The predicted molar refractivity (Wildman–Crippen MR) is 70.3 cm³/mol. The van der Waals surface area contributed by atoms with E-state index in [9.17, 15) is 0 Å². The van der Waals surface area contributed by atoms with Gasteiger partial charge in [-0.15, -0.1) is 0 Å². The number of nitrogens with two attached hydrogens (primary N) is 1. The van der Waals surface area contributed by atoms with Crippen LogP contribution in [-0.2, 0) is 4.74 Å². The zero-order valence-electron chi connectivity index (χ0n) is 11.7. The molecule has 0 aromatic rings. The van der Waals surface area contributed by atoms with E-state index < -0.39 is 0 Å². The molecule has 0 radical (unpaired) electrons. The maximum Gasteiger partial charge on any atom is 0.144 e. The molecule has 0 aromatic heterocycles. The van der Waals surface area contributed by atoms with Crippen LogP contribution in [0.3, 0.4) is 0 Å². The summed E-state index contributed by atoms with van der Waals surface area (Å²) in [4.78, 5) is 0. The Bertz CT molecular complexity index is 240. The molecule has 0 spiro atoms. The zero-order valence-corrected chi connectivity index (χ0v) is 11.7. The van der Waals surface area contributed by atoms with E-state index in [1.165, 1.54) is 0 Å². The molecule has 102 valence electrons. The summed E-state index contributed by atoms with van der Waals surface area (Å²) >= 11 is 0. The first-order chi connectivity index (χ1) is 7.85. The molecule has 0 rings (SSSR count). The standard InChI is InChI=1S/C12H27N3O2/c1-9(2)10(8-17-5)14-7-6-12(3,4)11(13)15-16/h9-10,14,16H,6-8H2,1-5H3,(H2,13,15). The van der Waals surface area contributed by atoms with Gasteiger partial charge in [0.15, 0.2) is 0 Å². The first-order valence-corrected chi connectivity index (χ1v) is 6.05. The number of ether oxygens (including phenoxy) is 1. The highest BCUT2D eigenvalue weighted by molar-refractivity contribution is 5.85. The number of nitrogens with one attached hydrogen (secondary N) is 1. The highest BCUT2D eigenvalue weighted by Gasteiger charge is 2.23. The summed E-state index contributed by atoms with van der Waals surface area (Å²) in [6, 6.07) is 0.336. The molecule has 0 heterocycles. The van der Waals surface area contributed by atoms with Gasteiger partial charge in [0.2, 0.25) is 0 Å². The fourth-order valence-corrected chi connectivity index (χ4v) is 1.50. The Morgan fingerprint density at radius 3 is 2.47 bits per heavy atom. The van der Waals surface area contributed by atoms with E-state index in [2.05, 4.69) is 24.3 Å². The predicted octanol–water partition coefficient (Wildman–Crippen LogP) is 1.41. The summed E-state index contributed by atoms with van der Waals surface area (Å²) in [5, 5.41) is 15.2. The van der Waals surface area contributed by atoms with Gasteiger partial charge in [-0.05, 0) is 18.9 Å². The van der Waals surface area contributed by atoms with Crippen LogP contribution in [0.15, 0.2) is 5.16 Å². The minimum absolute atomic E-state index is 0.270. The van der Waals surface area contributed by atoms with Gasteiger partial charge < -0.3 is 21.0 Å². The molecule has 4 N–H and O–H groups in total. The number of methoxy groups -OCH3 is 1. The van der Waals surface area contributed by atoms with Crippen molar-refractivity contribution < 1.29 is 9.94 Å². The van der Waals surface area contributed by atoms with E-state index >= 15 is 0 Å². The van der Waals surface area contributed by atoms with Crippen LogP contribution in [0.2, 0.25) is 0 Å². The van der Waals surface area contributed by atoms with Gasteiger partial charge in [-0.2, -0.15) is 0 Å². The van der Waals surface area contributed by atoms with Crippen molar-refractivity contribution in [3.8, 4) is 0 Å². The van der Waals surface area contributed by atoms with E-state index in [1.54, 1.807) is 7.11 Å². The minimum Gasteiger partial charge on any atom is -0.409 e. The SMILES string of the molecule is COCC(NCCC(C)(C)C(N)=NO)C(C)C. The Morgan fingerprint density at radius 1 is 1.47 bits per heavy atom. The van der Waals surface area contributed by atoms with Crippen molar-refractivity contribution in [1.82, 2.24) is 5.32 Å². The molecular weight excluding hydrogens is 218 g/mol. The summed E-state index contributed by atoms with van der Waals surface area (Å²) in [6.07, 6.45) is 0.815. The van der Waals surface area contributed by atoms with Crippen molar-refractivity contribution in [2.24, 2.45) is 22.2 Å². The van der Waals surface area contributed by atoms with Crippen LogP contribution in [0.25, 0.3) is 0 Å². The van der Waals surface area contributed by atoms with Gasteiger partial charge in [0.25, 0.3) is 0 Å². The molecule has 0 amide bonds. The van der Waals surface area contributed by atoms with Gasteiger partial charge in [-0.25, -0.2) is 0 Å². The summed E-state index contributed by atoms with van der Waals surface area (Å²) in [6.45, 7) is 9.75. The number of rotatable bonds is 8. The Balaban J connectivity index is 4.12. The molecule has 0 fully saturated rings. The normalized spacial score (nSPS) is 15.3. The number of hydrogen-bond acceptors (Lipinski definition) is 4.